The number of primary amides is 1. The third-order valence-corrected chi connectivity index (χ3v) is 7.68. The van der Waals surface area contributed by atoms with Crippen molar-refractivity contribution >= 4 is 59.9 Å². The smallest absolute Gasteiger partial charge is 0.323 e. The zero-order chi connectivity index (χ0) is 30.2. The highest BCUT2D eigenvalue weighted by Crippen LogP contribution is 2.33. The van der Waals surface area contributed by atoms with E-state index >= 15 is 0 Å². The summed E-state index contributed by atoms with van der Waals surface area (Å²) in [5.74, 6) is -1.89. The summed E-state index contributed by atoms with van der Waals surface area (Å²) in [5, 5.41) is 9.03. The van der Waals surface area contributed by atoms with E-state index < -0.39 is 18.4 Å². The van der Waals surface area contributed by atoms with Crippen LogP contribution in [0, 0.1) is 5.92 Å². The Kier molecular flexibility index (Phi) is 13.8. The molecule has 44 heavy (non-hydrogen) atoms. The molecule has 2 atom stereocenters. The minimum atomic E-state index is -1.07. The van der Waals surface area contributed by atoms with Crippen LogP contribution in [-0.4, -0.2) is 47.9 Å². The van der Waals surface area contributed by atoms with Gasteiger partial charge in [0.15, 0.2) is 0 Å². The number of hydrogen-bond donors (Lipinski definition) is 4. The van der Waals surface area contributed by atoms with Crippen LogP contribution in [0.1, 0.15) is 57.5 Å². The molecule has 1 aliphatic carbocycles. The largest absolute Gasteiger partial charge is 0.480 e. The molecule has 0 bridgehead atoms. The second kappa shape index (κ2) is 16.8. The molecule has 0 aromatic heterocycles. The molecule has 12 heteroatoms. The molecule has 236 valence electrons. The summed E-state index contributed by atoms with van der Waals surface area (Å²) >= 11 is 0. The van der Waals surface area contributed by atoms with Gasteiger partial charge in [0.1, 0.15) is 6.54 Å². The SMILES string of the molecule is Cl.Cl.NC(=O)c1ccc2c(c1)N(C(=O)[C@@H]1CCCC[C@@H]1N)CC2.NCc1cccc(C(=O)N(CC(=O)O)c2ccccc2)c1. The van der Waals surface area contributed by atoms with Gasteiger partial charge in [-0.2, -0.15) is 0 Å². The Hall–Kier alpha value is -3.96. The van der Waals surface area contributed by atoms with E-state index in [-0.39, 0.29) is 48.6 Å². The van der Waals surface area contributed by atoms with E-state index in [0.717, 1.165) is 48.9 Å². The Morgan fingerprint density at radius 1 is 0.886 bits per heavy atom. The fourth-order valence-electron chi connectivity index (χ4n) is 5.44. The van der Waals surface area contributed by atoms with Crippen LogP contribution < -0.4 is 27.0 Å². The number of benzene rings is 3. The molecule has 1 aliphatic heterocycles. The average Bonchev–Trinajstić information content (AvgIpc) is 3.43. The number of anilines is 2. The van der Waals surface area contributed by atoms with Crippen LogP contribution in [0.15, 0.2) is 72.8 Å². The van der Waals surface area contributed by atoms with Crippen molar-refractivity contribution in [1.29, 1.82) is 0 Å². The number of rotatable bonds is 7. The maximum Gasteiger partial charge on any atom is 0.323 e. The lowest BCUT2D eigenvalue weighted by Crippen LogP contribution is -2.45. The Labute approximate surface area is 269 Å². The van der Waals surface area contributed by atoms with Crippen LogP contribution in [0.25, 0.3) is 0 Å². The summed E-state index contributed by atoms with van der Waals surface area (Å²) in [4.78, 5) is 50.7. The Morgan fingerprint density at radius 2 is 1.59 bits per heavy atom. The summed E-state index contributed by atoms with van der Waals surface area (Å²) in [7, 11) is 0. The van der Waals surface area contributed by atoms with Gasteiger partial charge in [0.05, 0.1) is 5.92 Å². The Balaban J connectivity index is 0.000000293. The van der Waals surface area contributed by atoms with Crippen molar-refractivity contribution in [3.8, 4) is 0 Å². The standard InChI is InChI=1S/C16H21N3O2.C16H16N2O3.2ClH/c17-13-4-2-1-3-12(13)16(21)19-8-7-10-5-6-11(15(18)20)9-14(10)19;17-10-12-5-4-6-13(9-12)16(21)18(11-15(19)20)14-7-2-1-3-8-14;;/h5-6,9,12-13H,1-4,7-8,17H2,(H2,18,20);1-9H,10-11,17H2,(H,19,20);2*1H/t12-,13+;;;/m1.../s1. The van der Waals surface area contributed by atoms with E-state index in [2.05, 4.69) is 0 Å². The number of hydrogen-bond acceptors (Lipinski definition) is 6. The van der Waals surface area contributed by atoms with Crippen LogP contribution in [0.3, 0.4) is 0 Å². The monoisotopic (exact) mass is 643 g/mol. The van der Waals surface area contributed by atoms with Crippen molar-refractivity contribution in [1.82, 2.24) is 0 Å². The Morgan fingerprint density at radius 3 is 2.23 bits per heavy atom. The number of carboxylic acid groups (broad SMARTS) is 1. The highest BCUT2D eigenvalue weighted by Gasteiger charge is 2.35. The van der Waals surface area contributed by atoms with E-state index in [9.17, 15) is 19.2 Å². The molecule has 2 aliphatic rings. The molecule has 0 radical (unpaired) electrons. The first-order valence-electron chi connectivity index (χ1n) is 14.1. The summed E-state index contributed by atoms with van der Waals surface area (Å²) in [6.45, 7) is 0.598. The van der Waals surface area contributed by atoms with Gasteiger partial charge in [-0.15, -0.1) is 24.8 Å². The molecule has 3 aromatic carbocycles. The normalized spacial score (nSPS) is 16.6. The average molecular weight is 645 g/mol. The first-order chi connectivity index (χ1) is 20.2. The number of halogens is 2. The van der Waals surface area contributed by atoms with Crippen LogP contribution in [0.2, 0.25) is 0 Å². The number of carboxylic acids is 1. The summed E-state index contributed by atoms with van der Waals surface area (Å²) in [6, 6.07) is 20.9. The van der Waals surface area contributed by atoms with Gasteiger partial charge in [-0.1, -0.05) is 49.2 Å². The number of carbonyl (C=O) groups excluding carboxylic acids is 3. The van der Waals surface area contributed by atoms with Crippen molar-refractivity contribution in [2.24, 2.45) is 23.1 Å². The molecule has 5 rings (SSSR count). The quantitative estimate of drug-likeness (QED) is 0.302. The van der Waals surface area contributed by atoms with E-state index in [4.69, 9.17) is 22.3 Å². The lowest BCUT2D eigenvalue weighted by atomic mass is 9.84. The molecule has 1 heterocycles. The predicted molar refractivity (Wildman–Crippen MR) is 176 cm³/mol. The van der Waals surface area contributed by atoms with Crippen molar-refractivity contribution in [2.75, 3.05) is 22.9 Å². The van der Waals surface area contributed by atoms with Crippen LogP contribution in [-0.2, 0) is 22.6 Å². The van der Waals surface area contributed by atoms with Gasteiger partial charge in [0.2, 0.25) is 11.8 Å². The van der Waals surface area contributed by atoms with Crippen molar-refractivity contribution in [3.05, 3.63) is 95.1 Å². The molecular weight excluding hydrogens is 605 g/mol. The molecule has 0 unspecified atom stereocenters. The van der Waals surface area contributed by atoms with Crippen molar-refractivity contribution < 1.29 is 24.3 Å². The number of aliphatic carboxylic acids is 1. The molecule has 0 spiro atoms. The van der Waals surface area contributed by atoms with Gasteiger partial charge in [0.25, 0.3) is 5.91 Å². The molecule has 0 saturated heterocycles. The number of fused-ring (bicyclic) bond motifs is 1. The predicted octanol–water partition coefficient (Wildman–Crippen LogP) is 3.91. The molecule has 10 nitrogen and oxygen atoms in total. The third-order valence-electron chi connectivity index (χ3n) is 7.68. The van der Waals surface area contributed by atoms with Gasteiger partial charge in [0, 0.05) is 41.6 Å². The molecular formula is C32H39Cl2N5O5. The topological polar surface area (TPSA) is 173 Å². The van der Waals surface area contributed by atoms with Gasteiger partial charge < -0.3 is 27.2 Å². The fourth-order valence-corrected chi connectivity index (χ4v) is 5.44. The van der Waals surface area contributed by atoms with Gasteiger partial charge >= 0.3 is 5.97 Å². The lowest BCUT2D eigenvalue weighted by molar-refractivity contribution is -0.135. The Bertz CT molecular complexity index is 1460. The maximum absolute atomic E-state index is 12.8. The fraction of sp³-hybridized carbons (Fsp3) is 0.312. The van der Waals surface area contributed by atoms with Crippen LogP contribution in [0.5, 0.6) is 0 Å². The minimum absolute atomic E-state index is 0. The number of carbonyl (C=O) groups is 4. The van der Waals surface area contributed by atoms with Crippen LogP contribution in [0.4, 0.5) is 11.4 Å². The van der Waals surface area contributed by atoms with E-state index in [1.165, 1.54) is 4.90 Å². The molecule has 7 N–H and O–H groups in total. The van der Waals surface area contributed by atoms with Gasteiger partial charge in [-0.25, -0.2) is 0 Å². The highest BCUT2D eigenvalue weighted by atomic mass is 35.5. The minimum Gasteiger partial charge on any atom is -0.480 e. The van der Waals surface area contributed by atoms with E-state index in [1.54, 1.807) is 59.5 Å². The van der Waals surface area contributed by atoms with Crippen molar-refractivity contribution in [2.45, 2.75) is 44.7 Å². The van der Waals surface area contributed by atoms with Crippen molar-refractivity contribution in [3.63, 3.8) is 0 Å². The van der Waals surface area contributed by atoms with E-state index in [0.29, 0.717) is 29.9 Å². The lowest BCUT2D eigenvalue weighted by Gasteiger charge is -2.31. The summed E-state index contributed by atoms with van der Waals surface area (Å²) < 4.78 is 0. The summed E-state index contributed by atoms with van der Waals surface area (Å²) in [5.41, 5.74) is 21.2. The molecule has 3 amide bonds. The number of amides is 3. The second-order valence-electron chi connectivity index (χ2n) is 10.5. The highest BCUT2D eigenvalue weighted by molar-refractivity contribution is 6.08. The second-order valence-corrected chi connectivity index (χ2v) is 10.5. The zero-order valence-corrected chi connectivity index (χ0v) is 25.9. The summed E-state index contributed by atoms with van der Waals surface area (Å²) in [6.07, 6.45) is 4.77. The first-order valence-corrected chi connectivity index (χ1v) is 14.1. The maximum atomic E-state index is 12.8. The third kappa shape index (κ3) is 8.79. The van der Waals surface area contributed by atoms with Crippen LogP contribution >= 0.6 is 24.8 Å². The zero-order valence-electron chi connectivity index (χ0n) is 24.3. The van der Waals surface area contributed by atoms with Gasteiger partial charge in [-0.3, -0.25) is 24.1 Å². The number of para-hydroxylation sites is 1. The first kappa shape index (κ1) is 36.2. The molecule has 1 saturated carbocycles. The molecule has 1 fully saturated rings. The van der Waals surface area contributed by atoms with Gasteiger partial charge in [-0.05, 0) is 66.8 Å². The number of nitrogens with zero attached hydrogens (tertiary/aromatic N) is 2. The molecule has 3 aromatic rings. The van der Waals surface area contributed by atoms with E-state index in [1.807, 2.05) is 18.2 Å². The number of nitrogens with two attached hydrogens (primary N) is 3.